The zero-order valence-corrected chi connectivity index (χ0v) is 47.1. The van der Waals surface area contributed by atoms with Crippen LogP contribution >= 0.6 is 0 Å². The van der Waals surface area contributed by atoms with Crippen LogP contribution in [0.3, 0.4) is 0 Å². The molecule has 2 aromatic heterocycles. The van der Waals surface area contributed by atoms with Gasteiger partial charge in [-0.25, -0.2) is 0 Å². The fourth-order valence-electron chi connectivity index (χ4n) is 13.1. The van der Waals surface area contributed by atoms with Gasteiger partial charge in [-0.05, 0) is 165 Å². The lowest BCUT2D eigenvalue weighted by atomic mass is 9.85. The Bertz CT molecular complexity index is 5190. The van der Waals surface area contributed by atoms with E-state index in [0.29, 0.717) is 5.56 Å². The topological polar surface area (TPSA) is 33.6 Å². The molecule has 0 radical (unpaired) electrons. The van der Waals surface area contributed by atoms with Gasteiger partial charge in [0.05, 0.1) is 33.7 Å². The molecule has 0 N–H and O–H groups in total. The van der Waals surface area contributed by atoms with Gasteiger partial charge in [0, 0.05) is 32.9 Å². The largest absolute Gasteiger partial charge is 0.309 e. The lowest BCUT2D eigenvalue weighted by Gasteiger charge is -2.19. The summed E-state index contributed by atoms with van der Waals surface area (Å²) in [5.41, 5.74) is 18.4. The molecule has 0 aliphatic rings. The van der Waals surface area contributed by atoms with Crippen LogP contribution in [0.1, 0.15) is 31.9 Å². The molecule has 0 fully saturated rings. The number of benzene rings is 14. The number of rotatable bonds is 6. The average molecular weight is 1070 g/mol. The number of hydrogen-bond acceptors (Lipinski definition) is 1. The molecule has 0 saturated carbocycles. The zero-order chi connectivity index (χ0) is 56.5. The first-order valence-corrected chi connectivity index (χ1v) is 29.0. The first kappa shape index (κ1) is 50.2. The summed E-state index contributed by atoms with van der Waals surface area (Å²) in [7, 11) is 0. The van der Waals surface area contributed by atoms with Gasteiger partial charge in [0.1, 0.15) is 0 Å². The zero-order valence-electron chi connectivity index (χ0n) is 47.1. The van der Waals surface area contributed by atoms with Crippen molar-refractivity contribution in [3.63, 3.8) is 0 Å². The van der Waals surface area contributed by atoms with Gasteiger partial charge in [-0.1, -0.05) is 245 Å². The van der Waals surface area contributed by atoms with Crippen LogP contribution in [-0.4, -0.2) is 9.13 Å². The van der Waals surface area contributed by atoms with Crippen molar-refractivity contribution in [3.8, 4) is 62.0 Å². The second-order valence-electron chi connectivity index (χ2n) is 23.1. The third kappa shape index (κ3) is 8.58. The van der Waals surface area contributed by atoms with Crippen LogP contribution < -0.4 is 0 Å². The molecule has 0 aliphatic heterocycles. The maximum Gasteiger partial charge on any atom is 0.0992 e. The van der Waals surface area contributed by atoms with E-state index < -0.39 is 0 Å². The Kier molecular flexibility index (Phi) is 12.1. The van der Waals surface area contributed by atoms with Gasteiger partial charge in [-0.3, -0.25) is 0 Å². The quantitative estimate of drug-likeness (QED) is 0.153. The van der Waals surface area contributed by atoms with Gasteiger partial charge >= 0.3 is 0 Å². The smallest absolute Gasteiger partial charge is 0.0992 e. The number of fused-ring (bicyclic) bond motifs is 10. The molecular formula is C81H57N3. The minimum absolute atomic E-state index is 0.0666. The molecule has 16 rings (SSSR count). The fraction of sp³-hybridized carbons (Fsp3) is 0.0494. The lowest BCUT2D eigenvalue weighted by molar-refractivity contribution is 0.591. The first-order valence-electron chi connectivity index (χ1n) is 29.0. The minimum atomic E-state index is 0.0666. The van der Waals surface area contributed by atoms with Crippen molar-refractivity contribution in [2.24, 2.45) is 0 Å². The van der Waals surface area contributed by atoms with E-state index in [4.69, 9.17) is 0 Å². The molecule has 84 heavy (non-hydrogen) atoms. The van der Waals surface area contributed by atoms with Crippen LogP contribution in [0.2, 0.25) is 0 Å². The third-order valence-electron chi connectivity index (χ3n) is 17.1. The van der Waals surface area contributed by atoms with Crippen LogP contribution in [0.4, 0.5) is 0 Å². The monoisotopic (exact) mass is 1070 g/mol. The molecule has 396 valence electrons. The predicted molar refractivity (Wildman–Crippen MR) is 357 cm³/mol. The summed E-state index contributed by atoms with van der Waals surface area (Å²) in [5, 5.41) is 25.2. The Balaban J connectivity index is 0.000000144. The van der Waals surface area contributed by atoms with Crippen molar-refractivity contribution in [1.82, 2.24) is 9.13 Å². The minimum Gasteiger partial charge on any atom is -0.309 e. The number of aromatic nitrogens is 2. The number of hydrogen-bond donors (Lipinski definition) is 0. The van der Waals surface area contributed by atoms with Crippen LogP contribution in [0.25, 0.3) is 143 Å². The van der Waals surface area contributed by atoms with Crippen LogP contribution in [0.15, 0.2) is 291 Å². The van der Waals surface area contributed by atoms with E-state index in [2.05, 4.69) is 315 Å². The van der Waals surface area contributed by atoms with Crippen molar-refractivity contribution >= 4 is 86.7 Å². The maximum atomic E-state index is 10.1. The molecule has 14 aromatic carbocycles. The van der Waals surface area contributed by atoms with Gasteiger partial charge in [-0.2, -0.15) is 5.26 Å². The summed E-state index contributed by atoms with van der Waals surface area (Å²) >= 11 is 0. The normalized spacial score (nSPS) is 11.7. The standard InChI is InChI=1S/C41H31N3.C40H26/c1-41(2,3)30-19-20-40-36(25-30)35-15-6-9-18-39(35)43(40)31-12-10-11-28(23-31)29-21-27(26-42)22-32(24-29)44-37-16-7-4-13-33(37)34-14-5-8-17-38(34)44;1-2-12-31-26-32(25-20-27(31)10-1)40-37-17-7-5-15-35(37)39(36-16-6-8-18-38(36)40)30-23-21-29(22-24-30)34-19-9-13-28-11-3-4-14-33(28)34/h4-25H,1-3H3;1-26H. The van der Waals surface area contributed by atoms with Gasteiger partial charge in [0.25, 0.3) is 0 Å². The summed E-state index contributed by atoms with van der Waals surface area (Å²) in [6.07, 6.45) is 0. The molecule has 2 heterocycles. The summed E-state index contributed by atoms with van der Waals surface area (Å²) in [4.78, 5) is 0. The summed E-state index contributed by atoms with van der Waals surface area (Å²) < 4.78 is 4.64. The first-order chi connectivity index (χ1) is 41.3. The van der Waals surface area contributed by atoms with Crippen molar-refractivity contribution in [2.75, 3.05) is 0 Å². The Morgan fingerprint density at radius 1 is 0.286 bits per heavy atom. The lowest BCUT2D eigenvalue weighted by Crippen LogP contribution is -2.10. The van der Waals surface area contributed by atoms with Gasteiger partial charge in [-0.15, -0.1) is 0 Å². The van der Waals surface area contributed by atoms with Crippen molar-refractivity contribution in [3.05, 3.63) is 302 Å². The molecular weight excluding hydrogens is 1010 g/mol. The van der Waals surface area contributed by atoms with Crippen molar-refractivity contribution in [1.29, 1.82) is 5.26 Å². The Morgan fingerprint density at radius 2 is 0.750 bits per heavy atom. The number of nitriles is 1. The van der Waals surface area contributed by atoms with E-state index in [1.165, 1.54) is 115 Å². The molecule has 0 saturated heterocycles. The molecule has 0 bridgehead atoms. The van der Waals surface area contributed by atoms with Gasteiger partial charge in [0.15, 0.2) is 0 Å². The second kappa shape index (κ2) is 20.3. The highest BCUT2D eigenvalue weighted by Gasteiger charge is 2.21. The van der Waals surface area contributed by atoms with Crippen LogP contribution in [0, 0.1) is 11.3 Å². The maximum absolute atomic E-state index is 10.1. The average Bonchev–Trinajstić information content (AvgIpc) is 2.60. The Morgan fingerprint density at radius 3 is 1.37 bits per heavy atom. The molecule has 0 unspecified atom stereocenters. The van der Waals surface area contributed by atoms with Crippen molar-refractivity contribution in [2.45, 2.75) is 26.2 Å². The highest BCUT2D eigenvalue weighted by Crippen LogP contribution is 2.45. The molecule has 16 aromatic rings. The summed E-state index contributed by atoms with van der Waals surface area (Å²) in [6, 6.07) is 107. The van der Waals surface area contributed by atoms with E-state index in [1.54, 1.807) is 0 Å². The number of nitrogens with zero attached hydrogens (tertiary/aromatic N) is 3. The molecule has 0 atom stereocenters. The van der Waals surface area contributed by atoms with Crippen molar-refractivity contribution < 1.29 is 0 Å². The van der Waals surface area contributed by atoms with E-state index in [1.807, 2.05) is 12.1 Å². The summed E-state index contributed by atoms with van der Waals surface area (Å²) in [6.45, 7) is 6.79. The van der Waals surface area contributed by atoms with Crippen LogP contribution in [0.5, 0.6) is 0 Å². The second-order valence-corrected chi connectivity index (χ2v) is 23.1. The molecule has 3 nitrogen and oxygen atoms in total. The predicted octanol–water partition coefficient (Wildman–Crippen LogP) is 22.0. The fourth-order valence-corrected chi connectivity index (χ4v) is 13.1. The van der Waals surface area contributed by atoms with Gasteiger partial charge in [0.2, 0.25) is 0 Å². The molecule has 3 heteroatoms. The Hall–Kier alpha value is -10.8. The molecule has 0 spiro atoms. The van der Waals surface area contributed by atoms with E-state index in [-0.39, 0.29) is 5.41 Å². The van der Waals surface area contributed by atoms with Gasteiger partial charge < -0.3 is 9.13 Å². The van der Waals surface area contributed by atoms with E-state index in [9.17, 15) is 5.26 Å². The SMILES string of the molecule is CC(C)(C)c1ccc2c(c1)c1ccccc1n2-c1cccc(-c2cc(C#N)cc(-n3c4ccccc4c4ccccc43)c2)c1.c1ccc2cc(-c3c4ccccc4c(-c4ccc(-c5cccc6ccccc56)cc4)c4ccccc34)ccc2c1. The highest BCUT2D eigenvalue weighted by atomic mass is 15.0. The van der Waals surface area contributed by atoms with E-state index >= 15 is 0 Å². The van der Waals surface area contributed by atoms with Crippen LogP contribution in [-0.2, 0) is 5.41 Å². The highest BCUT2D eigenvalue weighted by molar-refractivity contribution is 6.22. The molecule has 0 aliphatic carbocycles. The van der Waals surface area contributed by atoms with E-state index in [0.717, 1.165) is 33.5 Å². The molecule has 0 amide bonds. The number of para-hydroxylation sites is 3. The Labute approximate surface area is 488 Å². The third-order valence-corrected chi connectivity index (χ3v) is 17.1. The summed E-state index contributed by atoms with van der Waals surface area (Å²) in [5.74, 6) is 0.